The van der Waals surface area contributed by atoms with Crippen LogP contribution in [0.3, 0.4) is 0 Å². The zero-order valence-electron chi connectivity index (χ0n) is 17.2. The molecule has 2 aromatic carbocycles. The Morgan fingerprint density at radius 3 is 2.21 bits per heavy atom. The number of fused-ring (bicyclic) bond motifs is 1. The van der Waals surface area contributed by atoms with Gasteiger partial charge in [0, 0.05) is 16.8 Å². The lowest BCUT2D eigenvalue weighted by atomic mass is 9.79. The smallest absolute Gasteiger partial charge is 0.259 e. The normalized spacial score (nSPS) is 17.6. The van der Waals surface area contributed by atoms with Crippen LogP contribution in [0.1, 0.15) is 49.0 Å². The summed E-state index contributed by atoms with van der Waals surface area (Å²) in [6.07, 6.45) is 0.777. The molecule has 0 saturated heterocycles. The minimum atomic E-state index is -0.402. The number of carbonyl (C=O) groups is 1. The Kier molecular flexibility index (Phi) is 5.15. The van der Waals surface area contributed by atoms with Crippen molar-refractivity contribution in [2.45, 2.75) is 38.6 Å². The van der Waals surface area contributed by atoms with E-state index in [4.69, 9.17) is 14.2 Å². The number of anilines is 1. The second-order valence-electron chi connectivity index (χ2n) is 7.72. The first-order chi connectivity index (χ1) is 13.2. The van der Waals surface area contributed by atoms with Crippen molar-refractivity contribution in [3.63, 3.8) is 0 Å². The van der Waals surface area contributed by atoms with Crippen molar-refractivity contribution in [2.24, 2.45) is 0 Å². The van der Waals surface area contributed by atoms with E-state index in [1.165, 1.54) is 21.3 Å². The molecule has 1 N–H and O–H groups in total. The maximum atomic E-state index is 13.6. The Morgan fingerprint density at radius 1 is 1.07 bits per heavy atom. The molecule has 6 nitrogen and oxygen atoms in total. The molecule has 1 aliphatic rings. The highest BCUT2D eigenvalue weighted by Gasteiger charge is 2.40. The number of nitrogens with zero attached hydrogens (tertiary/aromatic N) is 1. The highest BCUT2D eigenvalue weighted by atomic mass is 16.5. The molecule has 0 aromatic heterocycles. The topological polar surface area (TPSA) is 68.2 Å². The zero-order valence-corrected chi connectivity index (χ0v) is 17.2. The number of phenolic OH excluding ortho intramolecular Hbond substituents is 1. The summed E-state index contributed by atoms with van der Waals surface area (Å²) in [7, 11) is 4.58. The van der Waals surface area contributed by atoms with E-state index in [9.17, 15) is 9.90 Å². The molecule has 6 heteroatoms. The van der Waals surface area contributed by atoms with Gasteiger partial charge in [0.05, 0.1) is 21.3 Å². The lowest BCUT2D eigenvalue weighted by Crippen LogP contribution is -2.51. The average Bonchev–Trinajstić information content (AvgIpc) is 2.66. The van der Waals surface area contributed by atoms with E-state index in [0.29, 0.717) is 22.8 Å². The molecule has 1 atom stereocenters. The second-order valence-corrected chi connectivity index (χ2v) is 7.72. The van der Waals surface area contributed by atoms with Gasteiger partial charge in [-0.15, -0.1) is 0 Å². The molecule has 0 saturated carbocycles. The van der Waals surface area contributed by atoms with Gasteiger partial charge in [-0.05, 0) is 62.1 Å². The Labute approximate surface area is 165 Å². The van der Waals surface area contributed by atoms with E-state index in [1.807, 2.05) is 0 Å². The van der Waals surface area contributed by atoms with Crippen LogP contribution in [0, 0.1) is 0 Å². The number of phenols is 1. The quantitative estimate of drug-likeness (QED) is 0.847. The van der Waals surface area contributed by atoms with Crippen LogP contribution in [0.4, 0.5) is 5.69 Å². The van der Waals surface area contributed by atoms with Gasteiger partial charge < -0.3 is 24.2 Å². The molecular weight excluding hydrogens is 358 g/mol. The third kappa shape index (κ3) is 3.23. The molecule has 28 heavy (non-hydrogen) atoms. The van der Waals surface area contributed by atoms with Crippen molar-refractivity contribution in [3.05, 3.63) is 41.5 Å². The fraction of sp³-hybridized carbons (Fsp3) is 0.409. The van der Waals surface area contributed by atoms with E-state index in [0.717, 1.165) is 17.7 Å². The lowest BCUT2D eigenvalue weighted by Gasteiger charge is -2.46. The van der Waals surface area contributed by atoms with Gasteiger partial charge in [-0.3, -0.25) is 4.79 Å². The van der Waals surface area contributed by atoms with Crippen LogP contribution in [0.5, 0.6) is 23.0 Å². The summed E-state index contributed by atoms with van der Waals surface area (Å²) in [5.74, 6) is 1.56. The van der Waals surface area contributed by atoms with Crippen LogP contribution < -0.4 is 19.1 Å². The zero-order chi connectivity index (χ0) is 20.6. The van der Waals surface area contributed by atoms with Crippen LogP contribution in [0.2, 0.25) is 0 Å². The summed E-state index contributed by atoms with van der Waals surface area (Å²) in [4.78, 5) is 15.4. The van der Waals surface area contributed by atoms with Crippen LogP contribution in [0.15, 0.2) is 30.3 Å². The molecule has 1 heterocycles. The fourth-order valence-electron chi connectivity index (χ4n) is 4.13. The summed E-state index contributed by atoms with van der Waals surface area (Å²) < 4.78 is 16.2. The summed E-state index contributed by atoms with van der Waals surface area (Å²) >= 11 is 0. The van der Waals surface area contributed by atoms with E-state index in [-0.39, 0.29) is 17.6 Å². The first-order valence-electron chi connectivity index (χ1n) is 9.21. The number of benzene rings is 2. The number of ether oxygens (including phenoxy) is 3. The average molecular weight is 385 g/mol. The van der Waals surface area contributed by atoms with E-state index in [1.54, 1.807) is 35.2 Å². The Balaban J connectivity index is 2.15. The van der Waals surface area contributed by atoms with Gasteiger partial charge in [-0.25, -0.2) is 0 Å². The van der Waals surface area contributed by atoms with Crippen LogP contribution >= 0.6 is 0 Å². The fourth-order valence-corrected chi connectivity index (χ4v) is 4.13. The molecule has 1 aliphatic heterocycles. The van der Waals surface area contributed by atoms with E-state index < -0.39 is 5.54 Å². The van der Waals surface area contributed by atoms with Gasteiger partial charge in [0.25, 0.3) is 5.91 Å². The van der Waals surface area contributed by atoms with Crippen LogP contribution in [0.25, 0.3) is 0 Å². The maximum absolute atomic E-state index is 13.6. The van der Waals surface area contributed by atoms with Crippen molar-refractivity contribution >= 4 is 11.6 Å². The number of methoxy groups -OCH3 is 3. The first kappa shape index (κ1) is 19.9. The third-order valence-electron chi connectivity index (χ3n) is 5.31. The van der Waals surface area contributed by atoms with Crippen molar-refractivity contribution < 1.29 is 24.1 Å². The number of aromatic hydroxyl groups is 1. The largest absolute Gasteiger partial charge is 0.508 e. The Hall–Kier alpha value is -2.89. The molecule has 150 valence electrons. The van der Waals surface area contributed by atoms with Gasteiger partial charge >= 0.3 is 0 Å². The molecular formula is C22H27NO5. The van der Waals surface area contributed by atoms with Crippen molar-refractivity contribution in [1.82, 2.24) is 0 Å². The highest BCUT2D eigenvalue weighted by Crippen LogP contribution is 2.46. The Morgan fingerprint density at radius 2 is 1.68 bits per heavy atom. The number of amides is 1. The number of rotatable bonds is 4. The van der Waals surface area contributed by atoms with Crippen LogP contribution in [-0.4, -0.2) is 37.9 Å². The molecule has 0 aliphatic carbocycles. The first-order valence-corrected chi connectivity index (χ1v) is 9.21. The highest BCUT2D eigenvalue weighted by molar-refractivity contribution is 6.08. The number of hydrogen-bond acceptors (Lipinski definition) is 5. The van der Waals surface area contributed by atoms with Gasteiger partial charge in [0.2, 0.25) is 5.75 Å². The molecule has 0 fully saturated rings. The SMILES string of the molecule is COc1cc(C(=O)N2c3ccc(O)cc3[C@H](C)CC2(C)C)cc(OC)c1OC. The number of carbonyl (C=O) groups excluding carboxylic acids is 1. The predicted octanol–water partition coefficient (Wildman–Crippen LogP) is 4.35. The van der Waals surface area contributed by atoms with E-state index in [2.05, 4.69) is 20.8 Å². The van der Waals surface area contributed by atoms with Gasteiger partial charge in [-0.2, -0.15) is 0 Å². The van der Waals surface area contributed by atoms with Gasteiger partial charge in [-0.1, -0.05) is 6.92 Å². The molecule has 1 amide bonds. The summed E-state index contributed by atoms with van der Waals surface area (Å²) in [5.41, 5.74) is 1.80. The van der Waals surface area contributed by atoms with Crippen LogP contribution in [-0.2, 0) is 0 Å². The van der Waals surface area contributed by atoms with Crippen molar-refractivity contribution in [2.75, 3.05) is 26.2 Å². The molecule has 0 spiro atoms. The second kappa shape index (κ2) is 7.26. The molecule has 0 unspecified atom stereocenters. The minimum absolute atomic E-state index is 0.164. The standard InChI is InChI=1S/C22H27NO5/c1-13-12-22(2,3)23(17-8-7-15(24)11-16(13)17)21(25)14-9-18(26-4)20(28-6)19(10-14)27-5/h7-11,13,24H,12H2,1-6H3/t13-/m1/s1. The minimum Gasteiger partial charge on any atom is -0.508 e. The molecule has 0 radical (unpaired) electrons. The monoisotopic (exact) mass is 385 g/mol. The predicted molar refractivity (Wildman–Crippen MR) is 108 cm³/mol. The van der Waals surface area contributed by atoms with E-state index >= 15 is 0 Å². The third-order valence-corrected chi connectivity index (χ3v) is 5.31. The molecule has 2 aromatic rings. The van der Waals surface area contributed by atoms with Crippen molar-refractivity contribution in [3.8, 4) is 23.0 Å². The van der Waals surface area contributed by atoms with Gasteiger partial charge in [0.1, 0.15) is 5.75 Å². The summed E-state index contributed by atoms with van der Waals surface area (Å²) in [5, 5.41) is 9.92. The Bertz CT molecular complexity index is 881. The number of hydrogen-bond donors (Lipinski definition) is 1. The summed E-state index contributed by atoms with van der Waals surface area (Å²) in [6, 6.07) is 8.49. The molecule has 0 bridgehead atoms. The van der Waals surface area contributed by atoms with Crippen molar-refractivity contribution in [1.29, 1.82) is 0 Å². The van der Waals surface area contributed by atoms with Gasteiger partial charge in [0.15, 0.2) is 11.5 Å². The lowest BCUT2D eigenvalue weighted by molar-refractivity contribution is 0.0953. The molecule has 3 rings (SSSR count). The maximum Gasteiger partial charge on any atom is 0.259 e. The summed E-state index contributed by atoms with van der Waals surface area (Å²) in [6.45, 7) is 6.21.